The zero-order valence-corrected chi connectivity index (χ0v) is 21.2. The van der Waals surface area contributed by atoms with E-state index < -0.39 is 29.8 Å². The standard InChI is InChI=1S/C26H33F3N2O3S/c1-18(2)16-31(35-22-12-10-21(34-4)11-13-22)17-24(32)23(15-20-8-6-5-7-9-20)30-25(33)14-19(3)26(27,28)29/h5-14,18,23-24,32H,15-17H2,1-4H3,(H,30,33)/b19-14-. The second kappa shape index (κ2) is 13.6. The van der Waals surface area contributed by atoms with E-state index >= 15 is 0 Å². The van der Waals surface area contributed by atoms with Gasteiger partial charge in [-0.15, -0.1) is 0 Å². The number of hydrogen-bond acceptors (Lipinski definition) is 5. The van der Waals surface area contributed by atoms with Crippen molar-refractivity contribution >= 4 is 17.9 Å². The number of aliphatic hydroxyl groups is 1. The molecule has 0 saturated carbocycles. The van der Waals surface area contributed by atoms with Crippen molar-refractivity contribution < 1.29 is 27.8 Å². The third-order valence-corrected chi connectivity index (χ3v) is 6.18. The van der Waals surface area contributed by atoms with Crippen molar-refractivity contribution in [1.82, 2.24) is 9.62 Å². The number of nitrogens with one attached hydrogen (secondary N) is 1. The molecule has 0 radical (unpaired) electrons. The molecule has 0 heterocycles. The van der Waals surface area contributed by atoms with Crippen molar-refractivity contribution in [2.75, 3.05) is 20.2 Å². The summed E-state index contributed by atoms with van der Waals surface area (Å²) in [7, 11) is 1.59. The number of carbonyl (C=O) groups excluding carboxylic acids is 1. The minimum atomic E-state index is -4.59. The van der Waals surface area contributed by atoms with E-state index in [0.29, 0.717) is 18.5 Å². The largest absolute Gasteiger partial charge is 0.497 e. The van der Waals surface area contributed by atoms with Crippen LogP contribution in [0.15, 0.2) is 71.1 Å². The van der Waals surface area contributed by atoms with Crippen LogP contribution in [0.5, 0.6) is 5.75 Å². The zero-order chi connectivity index (χ0) is 26.0. The predicted molar refractivity (Wildman–Crippen MR) is 133 cm³/mol. The van der Waals surface area contributed by atoms with Crippen LogP contribution in [0.3, 0.4) is 0 Å². The highest BCUT2D eigenvalue weighted by molar-refractivity contribution is 7.97. The molecule has 2 aromatic rings. The Labute approximate surface area is 209 Å². The van der Waals surface area contributed by atoms with Gasteiger partial charge in [-0.05, 0) is 61.0 Å². The van der Waals surface area contributed by atoms with Crippen molar-refractivity contribution in [1.29, 1.82) is 0 Å². The lowest BCUT2D eigenvalue weighted by Gasteiger charge is -2.30. The first-order valence-corrected chi connectivity index (χ1v) is 12.1. The van der Waals surface area contributed by atoms with Crippen LogP contribution >= 0.6 is 11.9 Å². The van der Waals surface area contributed by atoms with Crippen LogP contribution in [0.25, 0.3) is 0 Å². The van der Waals surface area contributed by atoms with Gasteiger partial charge in [0.2, 0.25) is 5.91 Å². The van der Waals surface area contributed by atoms with Crippen molar-refractivity contribution in [3.63, 3.8) is 0 Å². The summed E-state index contributed by atoms with van der Waals surface area (Å²) in [6, 6.07) is 15.9. The van der Waals surface area contributed by atoms with Crippen LogP contribution in [0.4, 0.5) is 13.2 Å². The average Bonchev–Trinajstić information content (AvgIpc) is 2.78. The number of halogens is 3. The summed E-state index contributed by atoms with van der Waals surface area (Å²) in [4.78, 5) is 13.3. The molecule has 0 saturated heterocycles. The molecule has 2 unspecified atom stereocenters. The Hall–Kier alpha value is -2.49. The van der Waals surface area contributed by atoms with E-state index in [4.69, 9.17) is 4.74 Å². The van der Waals surface area contributed by atoms with Crippen molar-refractivity contribution in [3.05, 3.63) is 71.8 Å². The van der Waals surface area contributed by atoms with E-state index in [1.807, 2.05) is 58.9 Å². The summed E-state index contributed by atoms with van der Waals surface area (Å²) in [5.41, 5.74) is -0.147. The summed E-state index contributed by atoms with van der Waals surface area (Å²) in [6.07, 6.45) is -4.81. The van der Waals surface area contributed by atoms with E-state index in [2.05, 4.69) is 19.2 Å². The van der Waals surface area contributed by atoms with Crippen LogP contribution in [0, 0.1) is 5.92 Å². The highest BCUT2D eigenvalue weighted by Gasteiger charge is 2.31. The normalized spacial score (nSPS) is 14.2. The molecule has 1 amide bonds. The van der Waals surface area contributed by atoms with Gasteiger partial charge in [-0.3, -0.25) is 4.79 Å². The number of hydrogen-bond donors (Lipinski definition) is 2. The van der Waals surface area contributed by atoms with Gasteiger partial charge in [-0.25, -0.2) is 4.31 Å². The predicted octanol–water partition coefficient (Wildman–Crippen LogP) is 5.26. The molecule has 9 heteroatoms. The van der Waals surface area contributed by atoms with Gasteiger partial charge in [0.05, 0.1) is 19.3 Å². The molecular weight excluding hydrogens is 477 g/mol. The summed E-state index contributed by atoms with van der Waals surface area (Å²) in [5, 5.41) is 13.7. The summed E-state index contributed by atoms with van der Waals surface area (Å²) < 4.78 is 45.9. The number of aliphatic hydroxyl groups excluding tert-OH is 1. The molecule has 2 aromatic carbocycles. The maximum atomic E-state index is 12.9. The lowest BCUT2D eigenvalue weighted by Crippen LogP contribution is -2.48. The molecule has 2 N–H and O–H groups in total. The molecule has 0 aliphatic heterocycles. The Morgan fingerprint density at radius 2 is 1.74 bits per heavy atom. The van der Waals surface area contributed by atoms with Crippen LogP contribution in [0.1, 0.15) is 26.3 Å². The first-order valence-electron chi connectivity index (χ1n) is 11.3. The molecule has 2 rings (SSSR count). The number of ether oxygens (including phenoxy) is 1. The van der Waals surface area contributed by atoms with Gasteiger partial charge in [0.15, 0.2) is 0 Å². The molecule has 2 atom stereocenters. The van der Waals surface area contributed by atoms with Crippen molar-refractivity contribution in [2.45, 2.75) is 50.4 Å². The van der Waals surface area contributed by atoms with E-state index in [-0.39, 0.29) is 13.0 Å². The summed E-state index contributed by atoms with van der Waals surface area (Å²) >= 11 is 1.47. The van der Waals surface area contributed by atoms with Crippen LogP contribution in [0.2, 0.25) is 0 Å². The second-order valence-corrected chi connectivity index (χ2v) is 9.88. The minimum absolute atomic E-state index is 0.203. The Bertz CT molecular complexity index is 951. The molecule has 192 valence electrons. The van der Waals surface area contributed by atoms with E-state index in [1.165, 1.54) is 11.9 Å². The van der Waals surface area contributed by atoms with Gasteiger partial charge >= 0.3 is 6.18 Å². The lowest BCUT2D eigenvalue weighted by atomic mass is 10.0. The van der Waals surface area contributed by atoms with Crippen molar-refractivity contribution in [3.8, 4) is 5.75 Å². The Balaban J connectivity index is 2.20. The molecule has 0 aliphatic rings. The highest BCUT2D eigenvalue weighted by Crippen LogP contribution is 2.27. The fraction of sp³-hybridized carbons (Fsp3) is 0.423. The number of carbonyl (C=O) groups is 1. The van der Waals surface area contributed by atoms with Crippen molar-refractivity contribution in [2.24, 2.45) is 5.92 Å². The molecule has 0 spiro atoms. The van der Waals surface area contributed by atoms with E-state index in [9.17, 15) is 23.1 Å². The minimum Gasteiger partial charge on any atom is -0.497 e. The fourth-order valence-electron chi connectivity index (χ4n) is 3.33. The Kier molecular flexibility index (Phi) is 11.1. The Morgan fingerprint density at radius 1 is 1.11 bits per heavy atom. The third kappa shape index (κ3) is 10.3. The molecule has 35 heavy (non-hydrogen) atoms. The maximum Gasteiger partial charge on any atom is 0.412 e. The molecular formula is C26H33F3N2O3S. The average molecular weight is 511 g/mol. The van der Waals surface area contributed by atoms with Gasteiger partial charge in [0.25, 0.3) is 0 Å². The second-order valence-electron chi connectivity index (χ2n) is 8.70. The molecule has 0 fully saturated rings. The van der Waals surface area contributed by atoms with E-state index in [1.54, 1.807) is 7.11 Å². The topological polar surface area (TPSA) is 61.8 Å². The van der Waals surface area contributed by atoms with Crippen LogP contribution in [-0.2, 0) is 11.2 Å². The quantitative estimate of drug-likeness (QED) is 0.301. The third-order valence-electron chi connectivity index (χ3n) is 5.14. The monoisotopic (exact) mass is 510 g/mol. The number of amides is 1. The number of benzene rings is 2. The summed E-state index contributed by atoms with van der Waals surface area (Å²) in [6.45, 7) is 5.82. The lowest BCUT2D eigenvalue weighted by molar-refractivity contribution is -0.119. The summed E-state index contributed by atoms with van der Waals surface area (Å²) in [5.74, 6) is 0.142. The maximum absolute atomic E-state index is 12.9. The number of methoxy groups -OCH3 is 1. The van der Waals surface area contributed by atoms with Gasteiger partial charge in [0.1, 0.15) is 5.75 Å². The number of allylic oxidation sites excluding steroid dienone is 1. The number of alkyl halides is 3. The molecule has 0 aliphatic carbocycles. The smallest absolute Gasteiger partial charge is 0.412 e. The van der Waals surface area contributed by atoms with Gasteiger partial charge in [-0.1, -0.05) is 44.2 Å². The molecule has 0 bridgehead atoms. The van der Waals surface area contributed by atoms with Gasteiger partial charge in [-0.2, -0.15) is 13.2 Å². The molecule has 0 aromatic heterocycles. The SMILES string of the molecule is COc1ccc(SN(CC(C)C)CC(O)C(Cc2ccccc2)NC(=O)/C=C(/C)C(F)(F)F)cc1. The fourth-order valence-corrected chi connectivity index (χ4v) is 4.49. The molecule has 5 nitrogen and oxygen atoms in total. The number of nitrogens with zero attached hydrogens (tertiary/aromatic N) is 1. The van der Waals surface area contributed by atoms with Gasteiger partial charge < -0.3 is 15.2 Å². The highest BCUT2D eigenvalue weighted by atomic mass is 32.2. The zero-order valence-electron chi connectivity index (χ0n) is 20.4. The van der Waals surface area contributed by atoms with E-state index in [0.717, 1.165) is 23.1 Å². The number of rotatable bonds is 12. The van der Waals surface area contributed by atoms with Crippen LogP contribution in [-0.4, -0.2) is 53.8 Å². The van der Waals surface area contributed by atoms with Crippen LogP contribution < -0.4 is 10.1 Å². The first-order chi connectivity index (χ1) is 16.5. The van der Waals surface area contributed by atoms with Gasteiger partial charge in [0, 0.05) is 29.6 Å². The first kappa shape index (κ1) is 28.7. The Morgan fingerprint density at radius 3 is 2.29 bits per heavy atom.